The molecular weight excluding hydrogens is 415 g/mol. The number of carbonyl (C=O) groups is 1. The largest absolute Gasteiger partial charge is 0.348 e. The number of amides is 1. The van der Waals surface area contributed by atoms with E-state index in [1.165, 1.54) is 12.1 Å². The van der Waals surface area contributed by atoms with Crippen LogP contribution in [0.15, 0.2) is 85.2 Å². The number of nitrogens with zero attached hydrogens (tertiary/aromatic N) is 2. The van der Waals surface area contributed by atoms with Crippen molar-refractivity contribution in [1.29, 1.82) is 0 Å². The van der Waals surface area contributed by atoms with Crippen LogP contribution < -0.4 is 10.6 Å². The smallest absolute Gasteiger partial charge is 0.251 e. The van der Waals surface area contributed by atoms with Gasteiger partial charge in [-0.05, 0) is 47.5 Å². The van der Waals surface area contributed by atoms with Crippen molar-refractivity contribution in [2.75, 3.05) is 5.32 Å². The first kappa shape index (κ1) is 20.5. The molecule has 1 heterocycles. The fraction of sp³-hybridized carbons (Fsp3) is 0.0417. The number of rotatable bonds is 6. The van der Waals surface area contributed by atoms with Crippen molar-refractivity contribution >= 4 is 29.1 Å². The van der Waals surface area contributed by atoms with Gasteiger partial charge in [0, 0.05) is 40.8 Å². The molecule has 31 heavy (non-hydrogen) atoms. The van der Waals surface area contributed by atoms with Crippen molar-refractivity contribution in [3.63, 3.8) is 0 Å². The number of hydrogen-bond acceptors (Lipinski definition) is 4. The van der Waals surface area contributed by atoms with Crippen LogP contribution in [0.4, 0.5) is 16.0 Å². The third kappa shape index (κ3) is 5.24. The summed E-state index contributed by atoms with van der Waals surface area (Å²) in [6.07, 6.45) is 3.23. The van der Waals surface area contributed by atoms with E-state index in [1.807, 2.05) is 24.3 Å². The molecule has 154 valence electrons. The molecule has 7 heteroatoms. The van der Waals surface area contributed by atoms with E-state index in [-0.39, 0.29) is 11.7 Å². The minimum Gasteiger partial charge on any atom is -0.348 e. The highest BCUT2D eigenvalue weighted by molar-refractivity contribution is 6.31. The van der Waals surface area contributed by atoms with Crippen LogP contribution in [0.5, 0.6) is 0 Å². The second kappa shape index (κ2) is 9.36. The Balaban J connectivity index is 1.42. The molecule has 0 bridgehead atoms. The molecule has 3 aromatic carbocycles. The van der Waals surface area contributed by atoms with Gasteiger partial charge in [0.25, 0.3) is 5.91 Å². The zero-order valence-electron chi connectivity index (χ0n) is 16.3. The third-order valence-corrected chi connectivity index (χ3v) is 4.96. The van der Waals surface area contributed by atoms with Crippen LogP contribution in [0.1, 0.15) is 15.9 Å². The van der Waals surface area contributed by atoms with Crippen molar-refractivity contribution in [3.05, 3.63) is 107 Å². The van der Waals surface area contributed by atoms with E-state index in [0.29, 0.717) is 39.9 Å². The van der Waals surface area contributed by atoms with E-state index in [0.717, 1.165) is 5.56 Å². The predicted molar refractivity (Wildman–Crippen MR) is 120 cm³/mol. The Morgan fingerprint density at radius 1 is 0.903 bits per heavy atom. The molecule has 0 saturated carbocycles. The summed E-state index contributed by atoms with van der Waals surface area (Å²) in [7, 11) is 0. The second-order valence-corrected chi connectivity index (χ2v) is 7.19. The van der Waals surface area contributed by atoms with Gasteiger partial charge in [0.15, 0.2) is 0 Å². The highest BCUT2D eigenvalue weighted by Crippen LogP contribution is 2.21. The molecule has 2 N–H and O–H groups in total. The van der Waals surface area contributed by atoms with E-state index in [4.69, 9.17) is 11.6 Å². The van der Waals surface area contributed by atoms with Gasteiger partial charge in [-0.15, -0.1) is 0 Å². The third-order valence-electron chi connectivity index (χ3n) is 4.59. The minimum absolute atomic E-state index is 0.217. The molecule has 1 aromatic heterocycles. The Kier molecular flexibility index (Phi) is 6.19. The van der Waals surface area contributed by atoms with Gasteiger partial charge in [0.05, 0.1) is 0 Å². The lowest BCUT2D eigenvalue weighted by Crippen LogP contribution is -2.23. The summed E-state index contributed by atoms with van der Waals surface area (Å²) in [6.45, 7) is 0.334. The lowest BCUT2D eigenvalue weighted by atomic mass is 10.1. The Bertz CT molecular complexity index is 1210. The number of carbonyl (C=O) groups excluding carboxylic acids is 1. The lowest BCUT2D eigenvalue weighted by Gasteiger charge is -2.09. The minimum atomic E-state index is -0.315. The average Bonchev–Trinajstić information content (AvgIpc) is 2.79. The van der Waals surface area contributed by atoms with E-state index in [9.17, 15) is 9.18 Å². The summed E-state index contributed by atoms with van der Waals surface area (Å²) in [5.41, 5.74) is 3.41. The number of hydrogen-bond donors (Lipinski definition) is 2. The molecule has 0 aliphatic heterocycles. The molecule has 0 spiro atoms. The van der Waals surface area contributed by atoms with Crippen molar-refractivity contribution in [2.24, 2.45) is 0 Å². The maximum Gasteiger partial charge on any atom is 0.251 e. The normalized spacial score (nSPS) is 10.5. The van der Waals surface area contributed by atoms with E-state index in [1.54, 1.807) is 48.8 Å². The van der Waals surface area contributed by atoms with Crippen LogP contribution in [0.25, 0.3) is 11.1 Å². The second-order valence-electron chi connectivity index (χ2n) is 6.79. The number of nitrogens with one attached hydrogen (secondary N) is 2. The molecule has 0 radical (unpaired) electrons. The fourth-order valence-corrected chi connectivity index (χ4v) is 3.20. The van der Waals surface area contributed by atoms with E-state index < -0.39 is 0 Å². The van der Waals surface area contributed by atoms with Crippen LogP contribution in [0, 0.1) is 5.82 Å². The van der Waals surface area contributed by atoms with Gasteiger partial charge in [-0.3, -0.25) is 4.79 Å². The predicted octanol–water partition coefficient (Wildman–Crippen LogP) is 5.61. The van der Waals surface area contributed by atoms with Gasteiger partial charge in [-0.1, -0.05) is 48.0 Å². The van der Waals surface area contributed by atoms with Gasteiger partial charge in [-0.2, -0.15) is 0 Å². The maximum absolute atomic E-state index is 13.4. The Labute approximate surface area is 184 Å². The number of halogens is 2. The molecular formula is C24H18ClFN4O. The molecule has 0 saturated heterocycles. The molecule has 4 aromatic rings. The van der Waals surface area contributed by atoms with Crippen molar-refractivity contribution < 1.29 is 9.18 Å². The topological polar surface area (TPSA) is 66.9 Å². The first-order valence-electron chi connectivity index (χ1n) is 9.55. The summed E-state index contributed by atoms with van der Waals surface area (Å²) in [5.74, 6) is -0.163. The van der Waals surface area contributed by atoms with Crippen LogP contribution in [-0.2, 0) is 6.54 Å². The standard InChI is InChI=1S/C24H18ClFN4O/c25-22-10-2-1-5-18(22)13-27-23(31)17-7-4-9-21(12-17)30-24-28-14-19(15-29-24)16-6-3-8-20(26)11-16/h1-12,14-15H,13H2,(H,27,31)(H,28,29,30). The molecule has 0 unspecified atom stereocenters. The molecule has 0 aliphatic rings. The summed E-state index contributed by atoms with van der Waals surface area (Å²) < 4.78 is 13.4. The molecule has 0 fully saturated rings. The highest BCUT2D eigenvalue weighted by atomic mass is 35.5. The number of benzene rings is 3. The molecule has 1 amide bonds. The first-order valence-corrected chi connectivity index (χ1v) is 9.93. The van der Waals surface area contributed by atoms with Crippen LogP contribution >= 0.6 is 11.6 Å². The average molecular weight is 433 g/mol. The molecule has 5 nitrogen and oxygen atoms in total. The first-order chi connectivity index (χ1) is 15.1. The van der Waals surface area contributed by atoms with Crippen molar-refractivity contribution in [3.8, 4) is 11.1 Å². The van der Waals surface area contributed by atoms with Gasteiger partial charge in [0.2, 0.25) is 5.95 Å². The van der Waals surface area contributed by atoms with Gasteiger partial charge in [0.1, 0.15) is 5.82 Å². The van der Waals surface area contributed by atoms with Gasteiger partial charge >= 0.3 is 0 Å². The SMILES string of the molecule is O=C(NCc1ccccc1Cl)c1cccc(Nc2ncc(-c3cccc(F)c3)cn2)c1. The van der Waals surface area contributed by atoms with E-state index >= 15 is 0 Å². The Morgan fingerprint density at radius 3 is 2.45 bits per heavy atom. The van der Waals surface area contributed by atoms with Gasteiger partial charge in [-0.25, -0.2) is 14.4 Å². The monoisotopic (exact) mass is 432 g/mol. The van der Waals surface area contributed by atoms with Crippen molar-refractivity contribution in [1.82, 2.24) is 15.3 Å². The Hall–Kier alpha value is -3.77. The zero-order valence-corrected chi connectivity index (χ0v) is 17.1. The molecule has 0 atom stereocenters. The van der Waals surface area contributed by atoms with E-state index in [2.05, 4.69) is 20.6 Å². The number of anilines is 2. The highest BCUT2D eigenvalue weighted by Gasteiger charge is 2.08. The fourth-order valence-electron chi connectivity index (χ4n) is 3.00. The molecule has 4 rings (SSSR count). The number of aromatic nitrogens is 2. The summed E-state index contributed by atoms with van der Waals surface area (Å²) in [6, 6.07) is 20.6. The quantitative estimate of drug-likeness (QED) is 0.415. The maximum atomic E-state index is 13.4. The zero-order chi connectivity index (χ0) is 21.6. The van der Waals surface area contributed by atoms with Crippen LogP contribution in [-0.4, -0.2) is 15.9 Å². The molecule has 0 aliphatic carbocycles. The van der Waals surface area contributed by atoms with Crippen LogP contribution in [0.2, 0.25) is 5.02 Å². The van der Waals surface area contributed by atoms with Crippen molar-refractivity contribution in [2.45, 2.75) is 6.54 Å². The van der Waals surface area contributed by atoms with Crippen LogP contribution in [0.3, 0.4) is 0 Å². The summed E-state index contributed by atoms with van der Waals surface area (Å²) in [5, 5.41) is 6.55. The van der Waals surface area contributed by atoms with Gasteiger partial charge < -0.3 is 10.6 Å². The summed E-state index contributed by atoms with van der Waals surface area (Å²) >= 11 is 6.13. The summed E-state index contributed by atoms with van der Waals surface area (Å²) in [4.78, 5) is 21.1. The lowest BCUT2D eigenvalue weighted by molar-refractivity contribution is 0.0951. The Morgan fingerprint density at radius 2 is 1.68 bits per heavy atom.